The lowest BCUT2D eigenvalue weighted by atomic mass is 9.92. The van der Waals surface area contributed by atoms with Crippen LogP contribution in [0.3, 0.4) is 0 Å². The van der Waals surface area contributed by atoms with Gasteiger partial charge in [-0.15, -0.1) is 0 Å². The molecule has 0 aliphatic rings. The summed E-state index contributed by atoms with van der Waals surface area (Å²) in [6.07, 6.45) is 6.41. The molecule has 2 N–H and O–H groups in total. The van der Waals surface area contributed by atoms with Gasteiger partial charge in [-0.25, -0.2) is 0 Å². The first-order valence-corrected chi connectivity index (χ1v) is 7.98. The van der Waals surface area contributed by atoms with Crippen molar-refractivity contribution in [1.29, 1.82) is 0 Å². The summed E-state index contributed by atoms with van der Waals surface area (Å²) in [6.45, 7) is 8.40. The van der Waals surface area contributed by atoms with Crippen LogP contribution in [-0.2, 0) is 6.54 Å². The molecule has 0 saturated carbocycles. The van der Waals surface area contributed by atoms with Crippen molar-refractivity contribution >= 4 is 0 Å². The average molecular weight is 276 g/mol. The molecule has 0 aliphatic carbocycles. The van der Waals surface area contributed by atoms with E-state index in [1.165, 1.54) is 43.2 Å². The minimum atomic E-state index is 0.109. The van der Waals surface area contributed by atoms with Crippen molar-refractivity contribution in [3.05, 3.63) is 35.4 Å². The van der Waals surface area contributed by atoms with Gasteiger partial charge in [-0.1, -0.05) is 62.4 Å². The van der Waals surface area contributed by atoms with Crippen LogP contribution in [0.2, 0.25) is 0 Å². The van der Waals surface area contributed by atoms with Crippen LogP contribution in [0.5, 0.6) is 0 Å². The molecule has 2 nitrogen and oxygen atoms in total. The van der Waals surface area contributed by atoms with E-state index in [0.717, 1.165) is 13.1 Å². The average Bonchev–Trinajstić information content (AvgIpc) is 2.43. The molecule has 0 radical (unpaired) electrons. The van der Waals surface area contributed by atoms with Crippen LogP contribution >= 0.6 is 0 Å². The van der Waals surface area contributed by atoms with Gasteiger partial charge in [-0.05, 0) is 32.9 Å². The Balaban J connectivity index is 2.58. The lowest BCUT2D eigenvalue weighted by Gasteiger charge is -2.38. The molecule has 1 aromatic rings. The summed E-state index contributed by atoms with van der Waals surface area (Å²) in [5, 5.41) is 0. The van der Waals surface area contributed by atoms with Gasteiger partial charge >= 0.3 is 0 Å². The van der Waals surface area contributed by atoms with E-state index >= 15 is 0 Å². The lowest BCUT2D eigenvalue weighted by Crippen LogP contribution is -2.49. The Kier molecular flexibility index (Phi) is 7.25. The minimum absolute atomic E-state index is 0.109. The maximum Gasteiger partial charge on any atom is 0.0304 e. The molecule has 0 heterocycles. The van der Waals surface area contributed by atoms with Crippen molar-refractivity contribution in [2.24, 2.45) is 5.73 Å². The normalized spacial score (nSPS) is 14.5. The van der Waals surface area contributed by atoms with Crippen LogP contribution in [0, 0.1) is 6.92 Å². The van der Waals surface area contributed by atoms with Gasteiger partial charge in [-0.2, -0.15) is 0 Å². The molecule has 1 rings (SSSR count). The number of rotatable bonds is 9. The van der Waals surface area contributed by atoms with Gasteiger partial charge in [0.2, 0.25) is 0 Å². The third-order valence-electron chi connectivity index (χ3n) is 4.43. The molecule has 1 atom stereocenters. The molecule has 2 heteroatoms. The largest absolute Gasteiger partial charge is 0.329 e. The highest BCUT2D eigenvalue weighted by molar-refractivity contribution is 5.22. The molecular weight excluding hydrogens is 244 g/mol. The first-order chi connectivity index (χ1) is 9.51. The number of aryl methyl sites for hydroxylation is 1. The fourth-order valence-corrected chi connectivity index (χ4v) is 2.66. The van der Waals surface area contributed by atoms with Crippen LogP contribution in [-0.4, -0.2) is 24.0 Å². The number of benzene rings is 1. The Hall–Kier alpha value is -0.860. The van der Waals surface area contributed by atoms with Gasteiger partial charge in [0, 0.05) is 18.6 Å². The van der Waals surface area contributed by atoms with E-state index in [1.54, 1.807) is 0 Å². The number of nitrogens with two attached hydrogens (primary N) is 1. The monoisotopic (exact) mass is 276 g/mol. The Labute approximate surface area is 125 Å². The van der Waals surface area contributed by atoms with E-state index in [4.69, 9.17) is 5.73 Å². The first kappa shape index (κ1) is 17.2. The summed E-state index contributed by atoms with van der Waals surface area (Å²) in [4.78, 5) is 2.42. The number of nitrogens with zero attached hydrogens (tertiary/aromatic N) is 1. The highest BCUT2D eigenvalue weighted by Crippen LogP contribution is 2.23. The molecule has 0 bridgehead atoms. The summed E-state index contributed by atoms with van der Waals surface area (Å²) in [5.41, 5.74) is 8.88. The zero-order chi connectivity index (χ0) is 15.0. The van der Waals surface area contributed by atoms with Crippen molar-refractivity contribution < 1.29 is 0 Å². The quantitative estimate of drug-likeness (QED) is 0.688. The highest BCUT2D eigenvalue weighted by atomic mass is 15.2. The van der Waals surface area contributed by atoms with E-state index in [1.807, 2.05) is 0 Å². The Morgan fingerprint density at radius 1 is 1.20 bits per heavy atom. The van der Waals surface area contributed by atoms with Crippen molar-refractivity contribution in [3.63, 3.8) is 0 Å². The summed E-state index contributed by atoms with van der Waals surface area (Å²) in [6, 6.07) is 8.76. The summed E-state index contributed by atoms with van der Waals surface area (Å²) in [7, 11) is 2.20. The maximum atomic E-state index is 6.06. The van der Waals surface area contributed by atoms with E-state index in [2.05, 4.69) is 57.0 Å². The van der Waals surface area contributed by atoms with Crippen LogP contribution in [0.4, 0.5) is 0 Å². The Morgan fingerprint density at radius 3 is 2.55 bits per heavy atom. The molecule has 0 saturated heterocycles. The minimum Gasteiger partial charge on any atom is -0.329 e. The Morgan fingerprint density at radius 2 is 1.95 bits per heavy atom. The molecule has 0 aliphatic heterocycles. The fraction of sp³-hybridized carbons (Fsp3) is 0.667. The highest BCUT2D eigenvalue weighted by Gasteiger charge is 2.27. The van der Waals surface area contributed by atoms with Crippen LogP contribution < -0.4 is 5.73 Å². The first-order valence-electron chi connectivity index (χ1n) is 7.98. The van der Waals surface area contributed by atoms with E-state index in [9.17, 15) is 0 Å². The van der Waals surface area contributed by atoms with Gasteiger partial charge in [0.15, 0.2) is 0 Å². The van der Waals surface area contributed by atoms with E-state index in [0.29, 0.717) is 0 Å². The zero-order valence-electron chi connectivity index (χ0n) is 13.8. The van der Waals surface area contributed by atoms with Gasteiger partial charge in [0.1, 0.15) is 0 Å². The van der Waals surface area contributed by atoms with Crippen LogP contribution in [0.1, 0.15) is 57.1 Å². The van der Waals surface area contributed by atoms with Gasteiger partial charge in [0.25, 0.3) is 0 Å². The van der Waals surface area contributed by atoms with Crippen molar-refractivity contribution in [3.8, 4) is 0 Å². The molecule has 0 amide bonds. The van der Waals surface area contributed by atoms with Gasteiger partial charge in [0.05, 0.1) is 0 Å². The van der Waals surface area contributed by atoms with Crippen molar-refractivity contribution in [2.75, 3.05) is 13.6 Å². The molecule has 1 unspecified atom stereocenters. The molecule has 0 fully saturated rings. The van der Waals surface area contributed by atoms with E-state index < -0.39 is 0 Å². The van der Waals surface area contributed by atoms with Crippen molar-refractivity contribution in [1.82, 2.24) is 4.90 Å². The van der Waals surface area contributed by atoms with Crippen LogP contribution in [0.25, 0.3) is 0 Å². The van der Waals surface area contributed by atoms with Crippen LogP contribution in [0.15, 0.2) is 24.3 Å². The summed E-state index contributed by atoms with van der Waals surface area (Å²) >= 11 is 0. The number of hydrogen-bond acceptors (Lipinski definition) is 2. The molecule has 20 heavy (non-hydrogen) atoms. The number of unbranched alkanes of at least 4 members (excludes halogenated alkanes) is 3. The second kappa shape index (κ2) is 8.43. The Bertz CT molecular complexity index is 389. The third-order valence-corrected chi connectivity index (χ3v) is 4.43. The maximum absolute atomic E-state index is 6.06. The molecule has 1 aromatic carbocycles. The van der Waals surface area contributed by atoms with Gasteiger partial charge < -0.3 is 5.73 Å². The predicted octanol–water partition coefficient (Wildman–Crippen LogP) is 4.11. The lowest BCUT2D eigenvalue weighted by molar-refractivity contribution is 0.122. The molecule has 0 aromatic heterocycles. The van der Waals surface area contributed by atoms with Gasteiger partial charge in [-0.3, -0.25) is 4.90 Å². The summed E-state index contributed by atoms with van der Waals surface area (Å²) < 4.78 is 0. The zero-order valence-corrected chi connectivity index (χ0v) is 13.8. The third kappa shape index (κ3) is 5.26. The molecule has 114 valence electrons. The smallest absolute Gasteiger partial charge is 0.0304 e. The topological polar surface area (TPSA) is 29.3 Å². The van der Waals surface area contributed by atoms with E-state index in [-0.39, 0.29) is 5.54 Å². The predicted molar refractivity (Wildman–Crippen MR) is 88.9 cm³/mol. The second-order valence-corrected chi connectivity index (χ2v) is 6.36. The molecule has 0 spiro atoms. The standard InChI is InChI=1S/C18H32N2/c1-5-6-7-8-12-18(3,15-19)20(4)14-17-11-9-10-16(2)13-17/h9-11,13H,5-8,12,14-15,19H2,1-4H3. The summed E-state index contributed by atoms with van der Waals surface area (Å²) in [5.74, 6) is 0. The molecular formula is C18H32N2. The number of likely N-dealkylation sites (N-methyl/N-ethyl adjacent to an activating group) is 1. The second-order valence-electron chi connectivity index (χ2n) is 6.36. The fourth-order valence-electron chi connectivity index (χ4n) is 2.66. The number of hydrogen-bond donors (Lipinski definition) is 1. The van der Waals surface area contributed by atoms with Crippen molar-refractivity contribution in [2.45, 2.75) is 65.0 Å². The SMILES string of the molecule is CCCCCCC(C)(CN)N(C)Cc1cccc(C)c1.